The van der Waals surface area contributed by atoms with Crippen LogP contribution in [0.3, 0.4) is 0 Å². The molecule has 2 aromatic carbocycles. The van der Waals surface area contributed by atoms with Gasteiger partial charge in [-0.15, -0.1) is 0 Å². The topological polar surface area (TPSA) is 41.6 Å². The van der Waals surface area contributed by atoms with Crippen LogP contribution in [0.2, 0.25) is 5.02 Å². The second-order valence-electron chi connectivity index (χ2n) is 5.76. The fraction of sp³-hybridized carbons (Fsp3) is 0.278. The molecule has 0 spiro atoms. The Balaban J connectivity index is 1.89. The summed E-state index contributed by atoms with van der Waals surface area (Å²) in [5.41, 5.74) is 0.516. The van der Waals surface area contributed by atoms with Gasteiger partial charge in [0.2, 0.25) is 5.91 Å². The standard InChI is InChI=1S/C18H18ClF3N2O2/c1-24(10-12-3-5-13(6-4-12)18(20,21)22)11-17(25)23-14-7-8-16(26-2)15(19)9-14/h3-9H,10-11H2,1-2H3,(H,23,25). The highest BCUT2D eigenvalue weighted by Gasteiger charge is 2.29. The van der Waals surface area contributed by atoms with Crippen molar-refractivity contribution in [3.8, 4) is 5.75 Å². The normalized spacial score (nSPS) is 11.5. The summed E-state index contributed by atoms with van der Waals surface area (Å²) in [6.07, 6.45) is -4.36. The van der Waals surface area contributed by atoms with E-state index in [1.165, 1.54) is 19.2 Å². The number of amides is 1. The van der Waals surface area contributed by atoms with Gasteiger partial charge < -0.3 is 10.1 Å². The van der Waals surface area contributed by atoms with Gasteiger partial charge in [-0.25, -0.2) is 0 Å². The number of likely N-dealkylation sites (N-methyl/N-ethyl adjacent to an activating group) is 1. The number of alkyl halides is 3. The monoisotopic (exact) mass is 386 g/mol. The SMILES string of the molecule is COc1ccc(NC(=O)CN(C)Cc2ccc(C(F)(F)F)cc2)cc1Cl. The van der Waals surface area contributed by atoms with Gasteiger partial charge in [0, 0.05) is 12.2 Å². The van der Waals surface area contributed by atoms with Crippen molar-refractivity contribution in [1.29, 1.82) is 0 Å². The highest BCUT2D eigenvalue weighted by atomic mass is 35.5. The maximum Gasteiger partial charge on any atom is 0.416 e. The zero-order valence-electron chi connectivity index (χ0n) is 14.2. The van der Waals surface area contributed by atoms with Crippen molar-refractivity contribution in [3.63, 3.8) is 0 Å². The number of halogens is 4. The molecule has 0 aliphatic rings. The van der Waals surface area contributed by atoms with Gasteiger partial charge in [-0.1, -0.05) is 23.7 Å². The smallest absolute Gasteiger partial charge is 0.416 e. The first kappa shape index (κ1) is 20.1. The lowest BCUT2D eigenvalue weighted by Gasteiger charge is -2.17. The molecule has 0 fully saturated rings. The summed E-state index contributed by atoms with van der Waals surface area (Å²) < 4.78 is 42.7. The highest BCUT2D eigenvalue weighted by Crippen LogP contribution is 2.29. The van der Waals surface area contributed by atoms with E-state index in [0.717, 1.165) is 12.1 Å². The summed E-state index contributed by atoms with van der Waals surface area (Å²) in [5, 5.41) is 3.09. The van der Waals surface area contributed by atoms with Crippen LogP contribution < -0.4 is 10.1 Å². The van der Waals surface area contributed by atoms with Crippen LogP contribution in [0.4, 0.5) is 18.9 Å². The van der Waals surface area contributed by atoms with E-state index in [1.807, 2.05) is 0 Å². The van der Waals surface area contributed by atoms with E-state index in [1.54, 1.807) is 30.1 Å². The molecule has 0 atom stereocenters. The Hall–Kier alpha value is -2.25. The number of methoxy groups -OCH3 is 1. The number of carbonyl (C=O) groups is 1. The second kappa shape index (κ2) is 8.42. The molecule has 0 aliphatic carbocycles. The average molecular weight is 387 g/mol. The van der Waals surface area contributed by atoms with Gasteiger partial charge >= 0.3 is 6.18 Å². The maximum atomic E-state index is 12.6. The summed E-state index contributed by atoms with van der Waals surface area (Å²) in [7, 11) is 3.20. The van der Waals surface area contributed by atoms with Crippen LogP contribution in [-0.4, -0.2) is 31.5 Å². The number of carbonyl (C=O) groups excluding carboxylic acids is 1. The number of hydrogen-bond donors (Lipinski definition) is 1. The largest absolute Gasteiger partial charge is 0.495 e. The maximum absolute atomic E-state index is 12.6. The van der Waals surface area contributed by atoms with Crippen LogP contribution in [-0.2, 0) is 17.5 Å². The highest BCUT2D eigenvalue weighted by molar-refractivity contribution is 6.32. The van der Waals surface area contributed by atoms with Crippen molar-refractivity contribution in [2.75, 3.05) is 26.0 Å². The second-order valence-corrected chi connectivity index (χ2v) is 6.17. The molecule has 1 N–H and O–H groups in total. The minimum atomic E-state index is -4.36. The molecule has 0 radical (unpaired) electrons. The van der Waals surface area contributed by atoms with E-state index in [-0.39, 0.29) is 12.5 Å². The lowest BCUT2D eigenvalue weighted by atomic mass is 10.1. The molecule has 0 aliphatic heterocycles. The minimum Gasteiger partial charge on any atom is -0.495 e. The predicted octanol–water partition coefficient (Wildman–Crippen LogP) is 4.44. The first-order chi connectivity index (χ1) is 12.2. The molecule has 140 valence electrons. The van der Waals surface area contributed by atoms with Gasteiger partial charge in [0.15, 0.2) is 0 Å². The van der Waals surface area contributed by atoms with E-state index >= 15 is 0 Å². The van der Waals surface area contributed by atoms with E-state index in [0.29, 0.717) is 28.6 Å². The Morgan fingerprint density at radius 3 is 2.38 bits per heavy atom. The molecule has 26 heavy (non-hydrogen) atoms. The Kier molecular flexibility index (Phi) is 6.50. The number of nitrogens with one attached hydrogen (secondary N) is 1. The molecule has 2 aromatic rings. The van der Waals surface area contributed by atoms with E-state index in [2.05, 4.69) is 5.32 Å². The van der Waals surface area contributed by atoms with E-state index in [9.17, 15) is 18.0 Å². The van der Waals surface area contributed by atoms with Crippen molar-refractivity contribution in [2.45, 2.75) is 12.7 Å². The fourth-order valence-corrected chi connectivity index (χ4v) is 2.61. The number of rotatable bonds is 6. The first-order valence-corrected chi connectivity index (χ1v) is 8.05. The van der Waals surface area contributed by atoms with Gasteiger partial charge in [-0.2, -0.15) is 13.2 Å². The van der Waals surface area contributed by atoms with Crippen molar-refractivity contribution < 1.29 is 22.7 Å². The summed E-state index contributed by atoms with van der Waals surface area (Å²) in [4.78, 5) is 13.8. The summed E-state index contributed by atoms with van der Waals surface area (Å²) in [5.74, 6) is 0.240. The average Bonchev–Trinajstić information content (AvgIpc) is 2.54. The lowest BCUT2D eigenvalue weighted by molar-refractivity contribution is -0.137. The van der Waals surface area contributed by atoms with Crippen LogP contribution in [0.15, 0.2) is 42.5 Å². The Bertz CT molecular complexity index is 764. The van der Waals surface area contributed by atoms with Crippen molar-refractivity contribution >= 4 is 23.2 Å². The van der Waals surface area contributed by atoms with Gasteiger partial charge in [0.05, 0.1) is 24.2 Å². The zero-order chi connectivity index (χ0) is 19.3. The quantitative estimate of drug-likeness (QED) is 0.798. The zero-order valence-corrected chi connectivity index (χ0v) is 15.0. The van der Waals surface area contributed by atoms with Gasteiger partial charge in [0.25, 0.3) is 0 Å². The Morgan fingerprint density at radius 1 is 1.19 bits per heavy atom. The number of ether oxygens (including phenoxy) is 1. The summed E-state index contributed by atoms with van der Waals surface area (Å²) >= 11 is 6.00. The molecular weight excluding hydrogens is 369 g/mol. The van der Waals surface area contributed by atoms with Crippen molar-refractivity contribution in [1.82, 2.24) is 4.90 Å². The van der Waals surface area contributed by atoms with Crippen LogP contribution >= 0.6 is 11.6 Å². The molecule has 0 saturated carbocycles. The summed E-state index contributed by atoms with van der Waals surface area (Å²) in [6, 6.07) is 9.75. The molecule has 0 bridgehead atoms. The van der Waals surface area contributed by atoms with Crippen molar-refractivity contribution in [2.24, 2.45) is 0 Å². The molecular formula is C18H18ClF3N2O2. The predicted molar refractivity (Wildman–Crippen MR) is 94.4 cm³/mol. The van der Waals surface area contributed by atoms with Crippen LogP contribution in [0.25, 0.3) is 0 Å². The fourth-order valence-electron chi connectivity index (χ4n) is 2.36. The van der Waals surface area contributed by atoms with Crippen LogP contribution in [0.5, 0.6) is 5.75 Å². The van der Waals surface area contributed by atoms with Crippen LogP contribution in [0, 0.1) is 0 Å². The number of benzene rings is 2. The van der Waals surface area contributed by atoms with Gasteiger partial charge in [-0.05, 0) is 42.9 Å². The first-order valence-electron chi connectivity index (χ1n) is 7.67. The lowest BCUT2D eigenvalue weighted by Crippen LogP contribution is -2.29. The van der Waals surface area contributed by atoms with Gasteiger partial charge in [0.1, 0.15) is 5.75 Å². The molecule has 8 heteroatoms. The third-order valence-corrected chi connectivity index (χ3v) is 3.88. The third-order valence-electron chi connectivity index (χ3n) is 3.58. The summed E-state index contributed by atoms with van der Waals surface area (Å²) in [6.45, 7) is 0.416. The molecule has 0 unspecified atom stereocenters. The molecule has 2 rings (SSSR count). The number of anilines is 1. The minimum absolute atomic E-state index is 0.0741. The molecule has 1 amide bonds. The van der Waals surface area contributed by atoms with E-state index < -0.39 is 11.7 Å². The number of nitrogens with zero attached hydrogens (tertiary/aromatic N) is 1. The molecule has 0 saturated heterocycles. The molecule has 0 aromatic heterocycles. The molecule has 0 heterocycles. The van der Waals surface area contributed by atoms with Gasteiger partial charge in [-0.3, -0.25) is 9.69 Å². The van der Waals surface area contributed by atoms with Crippen molar-refractivity contribution in [3.05, 3.63) is 58.6 Å². The Labute approximate surface area is 154 Å². The van der Waals surface area contributed by atoms with E-state index in [4.69, 9.17) is 16.3 Å². The van der Waals surface area contributed by atoms with Crippen LogP contribution in [0.1, 0.15) is 11.1 Å². The Morgan fingerprint density at radius 2 is 1.85 bits per heavy atom. The number of hydrogen-bond acceptors (Lipinski definition) is 3. The third kappa shape index (κ3) is 5.64. The molecule has 4 nitrogen and oxygen atoms in total.